The van der Waals surface area contributed by atoms with Crippen LogP contribution in [0.1, 0.15) is 36.5 Å². The number of hydrogen-bond donors (Lipinski definition) is 1. The number of fused-ring (bicyclic) bond motifs is 1. The summed E-state index contributed by atoms with van der Waals surface area (Å²) in [5.41, 5.74) is -7.05. The van der Waals surface area contributed by atoms with Crippen LogP contribution >= 0.6 is 0 Å². The Morgan fingerprint density at radius 3 is 1.56 bits per heavy atom. The number of alkyl halides is 6. The molecule has 0 bridgehead atoms. The molecule has 152 valence electrons. The van der Waals surface area contributed by atoms with Gasteiger partial charge in [0.2, 0.25) is 0 Å². The van der Waals surface area contributed by atoms with Crippen molar-refractivity contribution < 1.29 is 49.0 Å². The third-order valence-electron chi connectivity index (χ3n) is 4.49. The molecular weight excluding hydrogens is 397 g/mol. The monoisotopic (exact) mass is 409 g/mol. The van der Waals surface area contributed by atoms with Crippen molar-refractivity contribution in [3.05, 3.63) is 34.1 Å². The Morgan fingerprint density at radius 2 is 1.15 bits per heavy atom. The maximum Gasteiger partial charge on any atom is 0.422 e. The van der Waals surface area contributed by atoms with E-state index in [9.17, 15) is 39.5 Å². The van der Waals surface area contributed by atoms with Gasteiger partial charge in [0.1, 0.15) is 5.56 Å². The van der Waals surface area contributed by atoms with Gasteiger partial charge >= 0.3 is 12.4 Å². The van der Waals surface area contributed by atoms with Gasteiger partial charge in [-0.05, 0) is 13.8 Å². The van der Waals surface area contributed by atoms with Gasteiger partial charge in [-0.3, -0.25) is 5.32 Å². The van der Waals surface area contributed by atoms with Gasteiger partial charge < -0.3 is 9.47 Å². The van der Waals surface area contributed by atoms with E-state index in [1.165, 1.54) is 13.8 Å². The molecule has 1 aromatic carbocycles. The zero-order valence-corrected chi connectivity index (χ0v) is 13.6. The minimum Gasteiger partial charge on any atom is -0.355 e. The molecule has 3 rings (SSSR count). The minimum absolute atomic E-state index is 0.714. The highest BCUT2D eigenvalue weighted by Crippen LogP contribution is 2.48. The maximum absolute atomic E-state index is 14.5. The van der Waals surface area contributed by atoms with Crippen molar-refractivity contribution in [3.63, 3.8) is 0 Å². The van der Waals surface area contributed by atoms with Gasteiger partial charge in [-0.1, -0.05) is 0 Å². The fourth-order valence-electron chi connectivity index (χ4n) is 3.33. The molecule has 1 N–H and O–H groups in total. The SMILES string of the molecule is CC1OC2NC2OC(C)C1c1c(F)c(F)c(C(F)(F)F)c(F)c1C(F)(F)F. The first-order valence-electron chi connectivity index (χ1n) is 7.66. The lowest BCUT2D eigenvalue weighted by Gasteiger charge is -2.31. The van der Waals surface area contributed by atoms with E-state index in [2.05, 4.69) is 5.32 Å². The number of rotatable bonds is 1. The smallest absolute Gasteiger partial charge is 0.355 e. The molecule has 2 aliphatic rings. The van der Waals surface area contributed by atoms with Crippen molar-refractivity contribution in [2.24, 2.45) is 0 Å². The van der Waals surface area contributed by atoms with Crippen molar-refractivity contribution >= 4 is 0 Å². The van der Waals surface area contributed by atoms with Crippen molar-refractivity contribution in [2.45, 2.75) is 56.8 Å². The van der Waals surface area contributed by atoms with Gasteiger partial charge in [0.05, 0.1) is 17.8 Å². The van der Waals surface area contributed by atoms with Crippen LogP contribution in [0.25, 0.3) is 0 Å². The Kier molecular flexibility index (Phi) is 4.67. The summed E-state index contributed by atoms with van der Waals surface area (Å²) in [7, 11) is 0. The largest absolute Gasteiger partial charge is 0.422 e. The van der Waals surface area contributed by atoms with E-state index in [0.29, 0.717) is 0 Å². The number of benzene rings is 1. The Morgan fingerprint density at radius 1 is 0.704 bits per heavy atom. The molecule has 0 aromatic heterocycles. The molecule has 2 aliphatic heterocycles. The average molecular weight is 409 g/mol. The van der Waals surface area contributed by atoms with Gasteiger partial charge in [-0.25, -0.2) is 13.2 Å². The van der Waals surface area contributed by atoms with E-state index in [-0.39, 0.29) is 0 Å². The molecule has 0 radical (unpaired) electrons. The molecule has 2 fully saturated rings. The van der Waals surface area contributed by atoms with Crippen molar-refractivity contribution in [2.75, 3.05) is 0 Å². The minimum atomic E-state index is -5.87. The lowest BCUT2D eigenvalue weighted by atomic mass is 9.84. The summed E-state index contributed by atoms with van der Waals surface area (Å²) in [5.74, 6) is -9.80. The molecule has 0 aliphatic carbocycles. The second-order valence-corrected chi connectivity index (χ2v) is 6.32. The number of ether oxygens (including phenoxy) is 2. The molecule has 12 heteroatoms. The van der Waals surface area contributed by atoms with E-state index >= 15 is 0 Å². The molecule has 2 heterocycles. The Balaban J connectivity index is 2.29. The number of nitrogens with one attached hydrogen (secondary N) is 1. The summed E-state index contributed by atoms with van der Waals surface area (Å²) < 4.78 is 132. The highest BCUT2D eigenvalue weighted by atomic mass is 19.4. The third kappa shape index (κ3) is 3.38. The van der Waals surface area contributed by atoms with E-state index < -0.39 is 77.1 Å². The Labute approximate surface area is 146 Å². The predicted octanol–water partition coefficient (Wildman–Crippen LogP) is 4.30. The summed E-state index contributed by atoms with van der Waals surface area (Å²) in [5, 5.41) is 2.66. The number of hydrogen-bond acceptors (Lipinski definition) is 3. The van der Waals surface area contributed by atoms with Crippen molar-refractivity contribution in [3.8, 4) is 0 Å². The Bertz CT molecular complexity index is 745. The van der Waals surface area contributed by atoms with Gasteiger partial charge in [0.25, 0.3) is 0 Å². The van der Waals surface area contributed by atoms with Crippen molar-refractivity contribution in [1.29, 1.82) is 0 Å². The summed E-state index contributed by atoms with van der Waals surface area (Å²) >= 11 is 0. The van der Waals surface area contributed by atoms with Crippen molar-refractivity contribution in [1.82, 2.24) is 5.32 Å². The molecule has 4 atom stereocenters. The highest BCUT2D eigenvalue weighted by molar-refractivity contribution is 5.43. The molecule has 2 saturated heterocycles. The van der Waals surface area contributed by atoms with Crippen LogP contribution in [0.3, 0.4) is 0 Å². The standard InChI is InChI=1S/C15H12F9NO2/c1-3-5(4(2)27-13-12(25-13)26-3)6-7(14(19,20)21)10(17)8(15(22,23)24)11(18)9(6)16/h3-5,12-13,25H,1-2H3. The summed E-state index contributed by atoms with van der Waals surface area (Å²) in [6.07, 6.45) is -15.5. The van der Waals surface area contributed by atoms with Crippen LogP contribution in [0.2, 0.25) is 0 Å². The van der Waals surface area contributed by atoms with E-state index in [4.69, 9.17) is 9.47 Å². The molecule has 27 heavy (non-hydrogen) atoms. The van der Waals surface area contributed by atoms with E-state index in [1.807, 2.05) is 0 Å². The quantitative estimate of drug-likeness (QED) is 0.427. The van der Waals surface area contributed by atoms with Crippen LogP contribution < -0.4 is 5.32 Å². The van der Waals surface area contributed by atoms with Crippen LogP contribution in [0, 0.1) is 17.5 Å². The molecule has 3 nitrogen and oxygen atoms in total. The summed E-state index contributed by atoms with van der Waals surface area (Å²) in [6.45, 7) is 2.42. The second-order valence-electron chi connectivity index (χ2n) is 6.32. The normalized spacial score (nSPS) is 31.4. The highest BCUT2D eigenvalue weighted by Gasteiger charge is 2.53. The van der Waals surface area contributed by atoms with Crippen LogP contribution in [0.5, 0.6) is 0 Å². The predicted molar refractivity (Wildman–Crippen MR) is 70.9 cm³/mol. The van der Waals surface area contributed by atoms with Gasteiger partial charge in [0.15, 0.2) is 29.9 Å². The lowest BCUT2D eigenvalue weighted by Crippen LogP contribution is -2.34. The first-order chi connectivity index (χ1) is 12.2. The van der Waals surface area contributed by atoms with Crippen LogP contribution in [0.4, 0.5) is 39.5 Å². The zero-order chi connectivity index (χ0) is 20.5. The third-order valence-corrected chi connectivity index (χ3v) is 4.49. The fourth-order valence-corrected chi connectivity index (χ4v) is 3.33. The second kappa shape index (κ2) is 6.24. The fraction of sp³-hybridized carbons (Fsp3) is 0.600. The van der Waals surface area contributed by atoms with Crippen LogP contribution in [0.15, 0.2) is 0 Å². The topological polar surface area (TPSA) is 40.4 Å². The lowest BCUT2D eigenvalue weighted by molar-refractivity contribution is -0.150. The zero-order valence-electron chi connectivity index (χ0n) is 13.6. The molecular formula is C15H12F9NO2. The number of halogens is 9. The van der Waals surface area contributed by atoms with E-state index in [1.54, 1.807) is 0 Å². The molecule has 0 amide bonds. The summed E-state index contributed by atoms with van der Waals surface area (Å²) in [4.78, 5) is 0. The summed E-state index contributed by atoms with van der Waals surface area (Å²) in [6, 6.07) is 0. The molecule has 0 saturated carbocycles. The average Bonchev–Trinajstić information content (AvgIpc) is 3.19. The van der Waals surface area contributed by atoms with Crippen LogP contribution in [-0.2, 0) is 21.8 Å². The first-order valence-corrected chi connectivity index (χ1v) is 7.66. The van der Waals surface area contributed by atoms with Gasteiger partial charge in [0, 0.05) is 11.5 Å². The molecule has 4 unspecified atom stereocenters. The molecule has 0 spiro atoms. The maximum atomic E-state index is 14.5. The van der Waals surface area contributed by atoms with Gasteiger partial charge in [-0.15, -0.1) is 0 Å². The van der Waals surface area contributed by atoms with Crippen LogP contribution in [-0.4, -0.2) is 24.7 Å². The van der Waals surface area contributed by atoms with E-state index in [0.717, 1.165) is 0 Å². The van der Waals surface area contributed by atoms with Gasteiger partial charge in [-0.2, -0.15) is 26.3 Å². The Hall–Kier alpha value is -1.53. The molecule has 1 aromatic rings. The first kappa shape index (κ1) is 20.2.